The quantitative estimate of drug-likeness (QED) is 0.175. The lowest BCUT2D eigenvalue weighted by atomic mass is 10.1. The number of aromatic nitrogens is 5. The molecule has 0 unspecified atom stereocenters. The normalized spacial score (nSPS) is 12.2. The van der Waals surface area contributed by atoms with E-state index in [0.717, 1.165) is 11.8 Å². The summed E-state index contributed by atoms with van der Waals surface area (Å²) in [6.45, 7) is 1.47. The summed E-state index contributed by atoms with van der Waals surface area (Å²) < 4.78 is 29.7. The number of ether oxygens (including phenoxy) is 5. The van der Waals surface area contributed by atoms with Gasteiger partial charge >= 0.3 is 0 Å². The van der Waals surface area contributed by atoms with E-state index in [9.17, 15) is 9.59 Å². The molecule has 0 fully saturated rings. The Kier molecular flexibility index (Phi) is 7.23. The molecule has 202 valence electrons. The fourth-order valence-electron chi connectivity index (χ4n) is 3.78. The van der Waals surface area contributed by atoms with Crippen molar-refractivity contribution in [1.29, 1.82) is 0 Å². The average Bonchev–Trinajstić information content (AvgIpc) is 3.66. The highest BCUT2D eigenvalue weighted by Gasteiger charge is 2.21. The number of methoxy groups -OCH3 is 3. The van der Waals surface area contributed by atoms with Crippen LogP contribution in [0, 0.1) is 0 Å². The maximum atomic E-state index is 12.7. The van der Waals surface area contributed by atoms with Gasteiger partial charge in [-0.05, 0) is 25.1 Å². The number of thioether (sulfide) groups is 1. The third kappa shape index (κ3) is 5.16. The fourth-order valence-corrected chi connectivity index (χ4v) is 4.47. The van der Waals surface area contributed by atoms with Crippen LogP contribution in [0.4, 0.5) is 5.69 Å². The van der Waals surface area contributed by atoms with Crippen LogP contribution in [0.1, 0.15) is 22.8 Å². The molecule has 5 rings (SSSR count). The number of rotatable bonds is 10. The number of benzene rings is 2. The molecular weight excluding hydrogens is 530 g/mol. The van der Waals surface area contributed by atoms with E-state index in [4.69, 9.17) is 23.7 Å². The summed E-state index contributed by atoms with van der Waals surface area (Å²) in [6.07, 6.45) is 3.05. The topological polar surface area (TPSA) is 153 Å². The Morgan fingerprint density at radius 2 is 1.79 bits per heavy atom. The van der Waals surface area contributed by atoms with Crippen molar-refractivity contribution in [2.75, 3.05) is 39.2 Å². The maximum Gasteiger partial charge on any atom is 0.275 e. The highest BCUT2D eigenvalue weighted by atomic mass is 32.2. The van der Waals surface area contributed by atoms with Gasteiger partial charge in [-0.15, -0.1) is 10.2 Å². The second-order valence-corrected chi connectivity index (χ2v) is 8.96. The zero-order valence-corrected chi connectivity index (χ0v) is 22.1. The van der Waals surface area contributed by atoms with E-state index in [1.165, 1.54) is 43.8 Å². The van der Waals surface area contributed by atoms with Gasteiger partial charge in [0.1, 0.15) is 6.33 Å². The maximum absolute atomic E-state index is 12.7. The first-order valence-corrected chi connectivity index (χ1v) is 12.4. The minimum atomic E-state index is -0.349. The molecule has 0 saturated carbocycles. The Bertz CT molecular complexity index is 1570. The van der Waals surface area contributed by atoms with Crippen molar-refractivity contribution in [3.05, 3.63) is 41.7 Å². The summed E-state index contributed by atoms with van der Waals surface area (Å²) in [5, 5.41) is 20.0. The van der Waals surface area contributed by atoms with Crippen molar-refractivity contribution in [2.24, 2.45) is 5.10 Å². The van der Waals surface area contributed by atoms with Crippen LogP contribution in [-0.4, -0.2) is 76.3 Å². The molecule has 1 N–H and O–H groups in total. The van der Waals surface area contributed by atoms with Gasteiger partial charge < -0.3 is 29.0 Å². The zero-order valence-electron chi connectivity index (χ0n) is 21.3. The fraction of sp³-hybridized carbons (Fsp3) is 0.250. The molecule has 1 aliphatic rings. The van der Waals surface area contributed by atoms with E-state index in [1.807, 2.05) is 0 Å². The van der Waals surface area contributed by atoms with Crippen molar-refractivity contribution in [1.82, 2.24) is 24.5 Å². The molecule has 1 aliphatic heterocycles. The Balaban J connectivity index is 1.28. The number of Topliss-reactive ketones (excluding diaryl/α,β-unsaturated/α-hetero) is 1. The van der Waals surface area contributed by atoms with E-state index >= 15 is 0 Å². The molecule has 2 aromatic carbocycles. The molecule has 0 radical (unpaired) electrons. The molecule has 0 atom stereocenters. The van der Waals surface area contributed by atoms with E-state index in [2.05, 4.69) is 25.7 Å². The van der Waals surface area contributed by atoms with Crippen LogP contribution in [0.2, 0.25) is 0 Å². The lowest BCUT2D eigenvalue weighted by molar-refractivity contribution is -0.113. The predicted molar refractivity (Wildman–Crippen MR) is 140 cm³/mol. The van der Waals surface area contributed by atoms with Gasteiger partial charge in [0.25, 0.3) is 5.78 Å². The van der Waals surface area contributed by atoms with Crippen LogP contribution in [-0.2, 0) is 4.79 Å². The van der Waals surface area contributed by atoms with Gasteiger partial charge in [-0.25, -0.2) is 0 Å². The number of anilines is 1. The summed E-state index contributed by atoms with van der Waals surface area (Å²) in [5.41, 5.74) is 1.36. The van der Waals surface area contributed by atoms with Crippen LogP contribution < -0.4 is 29.0 Å². The number of ketones is 1. The second-order valence-electron chi connectivity index (χ2n) is 8.02. The van der Waals surface area contributed by atoms with Gasteiger partial charge in [0.15, 0.2) is 28.8 Å². The first-order valence-electron chi connectivity index (χ1n) is 11.4. The van der Waals surface area contributed by atoms with Crippen LogP contribution in [0.5, 0.6) is 28.7 Å². The lowest BCUT2D eigenvalue weighted by Gasteiger charge is -2.12. The lowest BCUT2D eigenvalue weighted by Crippen LogP contribution is -2.16. The standard InChI is InChI=1S/C24H23N7O7S/c1-13(32)15-7-17-18(38-12-37-17)8-16(15)27-21(33)10-39-24-29-28-23-30(11-26-31(23)24)25-9-14-5-19(34-2)22(36-4)20(6-14)35-3/h5-9,11H,10,12H2,1-4H3,(H,27,33)/b25-9-. The molecule has 39 heavy (non-hydrogen) atoms. The predicted octanol–water partition coefficient (Wildman–Crippen LogP) is 2.50. The molecule has 0 aliphatic carbocycles. The Morgan fingerprint density at radius 3 is 2.46 bits per heavy atom. The first kappa shape index (κ1) is 25.8. The van der Waals surface area contributed by atoms with Crippen molar-refractivity contribution < 1.29 is 33.3 Å². The Labute approximate surface area is 225 Å². The highest BCUT2D eigenvalue weighted by Crippen LogP contribution is 2.38. The van der Waals surface area contributed by atoms with Crippen LogP contribution >= 0.6 is 11.8 Å². The number of carbonyl (C=O) groups is 2. The van der Waals surface area contributed by atoms with Gasteiger partial charge in [-0.2, -0.15) is 19.4 Å². The first-order chi connectivity index (χ1) is 18.9. The number of amides is 1. The number of fused-ring (bicyclic) bond motifs is 2. The molecule has 2 aromatic heterocycles. The molecule has 4 aromatic rings. The Morgan fingerprint density at radius 1 is 1.08 bits per heavy atom. The van der Waals surface area contributed by atoms with Crippen molar-refractivity contribution in [3.63, 3.8) is 0 Å². The minimum Gasteiger partial charge on any atom is -0.493 e. The summed E-state index contributed by atoms with van der Waals surface area (Å²) in [4.78, 5) is 24.7. The SMILES string of the molecule is COc1cc(/C=N\n2cnn3c(SCC(=O)Nc4cc5c(cc4C(C)=O)OCO5)nnc23)cc(OC)c1OC. The minimum absolute atomic E-state index is 0.00581. The molecule has 1 amide bonds. The third-order valence-electron chi connectivity index (χ3n) is 5.59. The molecule has 3 heterocycles. The van der Waals surface area contributed by atoms with Crippen LogP contribution in [0.25, 0.3) is 5.78 Å². The smallest absolute Gasteiger partial charge is 0.275 e. The number of hydrogen-bond donors (Lipinski definition) is 1. The highest BCUT2D eigenvalue weighted by molar-refractivity contribution is 7.99. The van der Waals surface area contributed by atoms with Crippen molar-refractivity contribution in [3.8, 4) is 28.7 Å². The zero-order chi connectivity index (χ0) is 27.5. The monoisotopic (exact) mass is 553 g/mol. The van der Waals surface area contributed by atoms with Gasteiger partial charge in [-0.3, -0.25) is 9.59 Å². The van der Waals surface area contributed by atoms with Crippen molar-refractivity contribution in [2.45, 2.75) is 12.1 Å². The number of carbonyl (C=O) groups excluding carboxylic acids is 2. The van der Waals surface area contributed by atoms with Crippen LogP contribution in [0.3, 0.4) is 0 Å². The summed E-state index contributed by atoms with van der Waals surface area (Å²) in [6, 6.07) is 6.63. The number of hydrogen-bond acceptors (Lipinski definition) is 12. The van der Waals surface area contributed by atoms with E-state index in [1.54, 1.807) is 30.5 Å². The molecule has 0 bridgehead atoms. The average molecular weight is 554 g/mol. The summed E-state index contributed by atoms with van der Waals surface area (Å²) in [5.74, 6) is 2.15. The van der Waals surface area contributed by atoms with E-state index in [0.29, 0.717) is 56.5 Å². The second kappa shape index (κ2) is 10.9. The van der Waals surface area contributed by atoms with Gasteiger partial charge in [0.2, 0.25) is 23.6 Å². The summed E-state index contributed by atoms with van der Waals surface area (Å²) >= 11 is 1.13. The van der Waals surface area contributed by atoms with Gasteiger partial charge in [0, 0.05) is 17.2 Å². The van der Waals surface area contributed by atoms with Crippen molar-refractivity contribution >= 4 is 41.1 Å². The van der Waals surface area contributed by atoms with Crippen LogP contribution in [0.15, 0.2) is 40.9 Å². The van der Waals surface area contributed by atoms with Gasteiger partial charge in [-0.1, -0.05) is 11.8 Å². The van der Waals surface area contributed by atoms with E-state index < -0.39 is 0 Å². The number of nitrogens with zero attached hydrogens (tertiary/aromatic N) is 6. The molecule has 0 saturated heterocycles. The largest absolute Gasteiger partial charge is 0.493 e. The molecule has 0 spiro atoms. The molecule has 15 heteroatoms. The molecule has 14 nitrogen and oxygen atoms in total. The third-order valence-corrected chi connectivity index (χ3v) is 6.51. The Hall–Kier alpha value is -4.79. The summed E-state index contributed by atoms with van der Waals surface area (Å²) in [7, 11) is 4.59. The van der Waals surface area contributed by atoms with Gasteiger partial charge in [0.05, 0.1) is 39.0 Å². The molecular formula is C24H23N7O7S. The van der Waals surface area contributed by atoms with E-state index in [-0.39, 0.29) is 24.2 Å². The number of nitrogens with one attached hydrogen (secondary N) is 1.